The summed E-state index contributed by atoms with van der Waals surface area (Å²) >= 11 is 0. The van der Waals surface area contributed by atoms with Crippen molar-refractivity contribution in [3.63, 3.8) is 0 Å². The van der Waals surface area contributed by atoms with Crippen LogP contribution in [0.3, 0.4) is 0 Å². The molecule has 0 atom stereocenters. The zero-order chi connectivity index (χ0) is 17.0. The minimum absolute atomic E-state index is 0.348. The third kappa shape index (κ3) is 3.81. The number of aryl methyl sites for hydroxylation is 1. The fraction of sp³-hybridized carbons (Fsp3) is 0.778. The molecule has 2 aliphatic heterocycles. The summed E-state index contributed by atoms with van der Waals surface area (Å²) in [5.41, 5.74) is 1.03. The van der Waals surface area contributed by atoms with Crippen LogP contribution in [0.15, 0.2) is 6.07 Å². The van der Waals surface area contributed by atoms with Gasteiger partial charge in [0, 0.05) is 50.8 Å². The Kier molecular flexibility index (Phi) is 5.56. The van der Waals surface area contributed by atoms with Gasteiger partial charge in [-0.3, -0.25) is 0 Å². The van der Waals surface area contributed by atoms with Crippen molar-refractivity contribution in [3.05, 3.63) is 11.8 Å². The van der Waals surface area contributed by atoms with Crippen LogP contribution in [-0.4, -0.2) is 55.1 Å². The molecule has 2 saturated heterocycles. The van der Waals surface area contributed by atoms with Crippen LogP contribution < -0.4 is 9.80 Å². The first-order valence-corrected chi connectivity index (χ1v) is 9.29. The van der Waals surface area contributed by atoms with Gasteiger partial charge in [0.25, 0.3) is 0 Å². The second kappa shape index (κ2) is 7.66. The van der Waals surface area contributed by atoms with Gasteiger partial charge in [0.15, 0.2) is 5.79 Å². The second-order valence-corrected chi connectivity index (χ2v) is 6.75. The van der Waals surface area contributed by atoms with E-state index in [1.165, 1.54) is 0 Å². The number of hydrogen-bond acceptors (Lipinski definition) is 6. The molecule has 0 aliphatic carbocycles. The highest BCUT2D eigenvalue weighted by Crippen LogP contribution is 2.32. The lowest BCUT2D eigenvalue weighted by Crippen LogP contribution is -2.45. The van der Waals surface area contributed by atoms with Gasteiger partial charge in [0.05, 0.1) is 13.2 Å². The van der Waals surface area contributed by atoms with E-state index in [1.807, 2.05) is 0 Å². The average molecular weight is 334 g/mol. The fourth-order valence-corrected chi connectivity index (χ4v) is 3.55. The van der Waals surface area contributed by atoms with Gasteiger partial charge in [-0.1, -0.05) is 13.8 Å². The molecule has 1 spiro atoms. The van der Waals surface area contributed by atoms with Gasteiger partial charge in [-0.05, 0) is 19.8 Å². The van der Waals surface area contributed by atoms with Crippen LogP contribution in [0, 0.1) is 6.92 Å². The molecule has 6 heteroatoms. The third-order valence-corrected chi connectivity index (χ3v) is 4.76. The highest BCUT2D eigenvalue weighted by Gasteiger charge is 2.40. The molecule has 3 heterocycles. The summed E-state index contributed by atoms with van der Waals surface area (Å²) in [6.07, 6.45) is 4.01. The van der Waals surface area contributed by atoms with Crippen LogP contribution in [0.2, 0.25) is 0 Å². The first kappa shape index (κ1) is 17.4. The minimum atomic E-state index is -0.348. The Hall–Kier alpha value is -1.40. The van der Waals surface area contributed by atoms with E-state index in [-0.39, 0.29) is 5.79 Å². The first-order chi connectivity index (χ1) is 11.7. The number of hydrogen-bond donors (Lipinski definition) is 0. The topological polar surface area (TPSA) is 50.7 Å². The summed E-state index contributed by atoms with van der Waals surface area (Å²) in [7, 11) is 0. The molecule has 134 valence electrons. The number of rotatable bonds is 6. The predicted molar refractivity (Wildman–Crippen MR) is 95.6 cm³/mol. The van der Waals surface area contributed by atoms with Crippen LogP contribution in [-0.2, 0) is 9.47 Å². The Balaban J connectivity index is 1.74. The Morgan fingerprint density at radius 1 is 1.08 bits per heavy atom. The highest BCUT2D eigenvalue weighted by atomic mass is 16.7. The smallest absolute Gasteiger partial charge is 0.227 e. The molecule has 2 fully saturated rings. The van der Waals surface area contributed by atoms with E-state index in [1.54, 1.807) is 0 Å². The van der Waals surface area contributed by atoms with Crippen molar-refractivity contribution in [2.24, 2.45) is 0 Å². The standard InChI is InChI=1S/C18H30N4O2/c1-4-8-21(9-5-2)16-14-15(3)19-17(20-16)22-10-6-18(7-11-22)23-12-13-24-18/h14H,4-13H2,1-3H3. The van der Waals surface area contributed by atoms with Gasteiger partial charge in [0.1, 0.15) is 5.82 Å². The molecule has 2 aliphatic rings. The van der Waals surface area contributed by atoms with Gasteiger partial charge in [-0.2, -0.15) is 4.98 Å². The molecule has 0 bridgehead atoms. The first-order valence-electron chi connectivity index (χ1n) is 9.29. The van der Waals surface area contributed by atoms with E-state index in [2.05, 4.69) is 41.6 Å². The number of anilines is 2. The van der Waals surface area contributed by atoms with Crippen molar-refractivity contribution < 1.29 is 9.47 Å². The highest BCUT2D eigenvalue weighted by molar-refractivity contribution is 5.46. The fourth-order valence-electron chi connectivity index (χ4n) is 3.55. The molecular weight excluding hydrogens is 304 g/mol. The van der Waals surface area contributed by atoms with E-state index in [4.69, 9.17) is 14.5 Å². The quantitative estimate of drug-likeness (QED) is 0.797. The molecule has 0 saturated carbocycles. The summed E-state index contributed by atoms with van der Waals surface area (Å²) in [6, 6.07) is 2.10. The molecular formula is C18H30N4O2. The summed E-state index contributed by atoms with van der Waals surface area (Å²) < 4.78 is 11.6. The Morgan fingerprint density at radius 2 is 1.71 bits per heavy atom. The zero-order valence-corrected chi connectivity index (χ0v) is 15.3. The maximum Gasteiger partial charge on any atom is 0.227 e. The van der Waals surface area contributed by atoms with E-state index in [0.717, 1.165) is 69.3 Å². The van der Waals surface area contributed by atoms with Gasteiger partial charge in [0.2, 0.25) is 5.95 Å². The monoisotopic (exact) mass is 334 g/mol. The average Bonchev–Trinajstić information content (AvgIpc) is 3.03. The lowest BCUT2D eigenvalue weighted by molar-refractivity contribution is -0.169. The summed E-state index contributed by atoms with van der Waals surface area (Å²) in [6.45, 7) is 11.7. The van der Waals surface area contributed by atoms with Crippen LogP contribution in [0.25, 0.3) is 0 Å². The van der Waals surface area contributed by atoms with Crippen LogP contribution >= 0.6 is 0 Å². The molecule has 6 nitrogen and oxygen atoms in total. The van der Waals surface area contributed by atoms with Crippen molar-refractivity contribution >= 4 is 11.8 Å². The van der Waals surface area contributed by atoms with Crippen LogP contribution in [0.4, 0.5) is 11.8 Å². The number of nitrogens with zero attached hydrogens (tertiary/aromatic N) is 4. The van der Waals surface area contributed by atoms with Crippen molar-refractivity contribution in [1.29, 1.82) is 0 Å². The van der Waals surface area contributed by atoms with Crippen molar-refractivity contribution in [2.75, 3.05) is 49.2 Å². The Labute approximate surface area is 145 Å². The molecule has 0 amide bonds. The van der Waals surface area contributed by atoms with E-state index in [9.17, 15) is 0 Å². The molecule has 0 unspecified atom stereocenters. The molecule has 1 aromatic heterocycles. The van der Waals surface area contributed by atoms with Gasteiger partial charge in [-0.15, -0.1) is 0 Å². The number of piperidine rings is 1. The molecule has 24 heavy (non-hydrogen) atoms. The summed E-state index contributed by atoms with van der Waals surface area (Å²) in [5, 5.41) is 0. The van der Waals surface area contributed by atoms with Gasteiger partial charge >= 0.3 is 0 Å². The summed E-state index contributed by atoms with van der Waals surface area (Å²) in [4.78, 5) is 14.2. The maximum atomic E-state index is 5.82. The number of aromatic nitrogens is 2. The van der Waals surface area contributed by atoms with Gasteiger partial charge in [-0.25, -0.2) is 4.98 Å². The maximum absolute atomic E-state index is 5.82. The van der Waals surface area contributed by atoms with Crippen LogP contribution in [0.5, 0.6) is 0 Å². The molecule has 1 aromatic rings. The van der Waals surface area contributed by atoms with E-state index < -0.39 is 0 Å². The van der Waals surface area contributed by atoms with Crippen molar-refractivity contribution in [3.8, 4) is 0 Å². The Morgan fingerprint density at radius 3 is 2.29 bits per heavy atom. The predicted octanol–water partition coefficient (Wildman–Crippen LogP) is 2.75. The second-order valence-electron chi connectivity index (χ2n) is 6.75. The molecule has 0 N–H and O–H groups in total. The summed E-state index contributed by atoms with van der Waals surface area (Å²) in [5.74, 6) is 1.55. The molecule has 0 aromatic carbocycles. The van der Waals surface area contributed by atoms with Crippen LogP contribution in [0.1, 0.15) is 45.2 Å². The van der Waals surface area contributed by atoms with Crippen molar-refractivity contribution in [2.45, 2.75) is 52.2 Å². The zero-order valence-electron chi connectivity index (χ0n) is 15.3. The Bertz CT molecular complexity index is 530. The minimum Gasteiger partial charge on any atom is -0.356 e. The largest absolute Gasteiger partial charge is 0.356 e. The lowest BCUT2D eigenvalue weighted by Gasteiger charge is -2.37. The lowest BCUT2D eigenvalue weighted by atomic mass is 10.0. The molecule has 3 rings (SSSR count). The number of ether oxygens (including phenoxy) is 2. The van der Waals surface area contributed by atoms with Gasteiger partial charge < -0.3 is 19.3 Å². The van der Waals surface area contributed by atoms with E-state index >= 15 is 0 Å². The normalized spacial score (nSPS) is 19.9. The van der Waals surface area contributed by atoms with Crippen molar-refractivity contribution in [1.82, 2.24) is 9.97 Å². The van der Waals surface area contributed by atoms with E-state index in [0.29, 0.717) is 13.2 Å². The third-order valence-electron chi connectivity index (χ3n) is 4.76. The molecule has 0 radical (unpaired) electrons. The SMILES string of the molecule is CCCN(CCC)c1cc(C)nc(N2CCC3(CC2)OCCO3)n1.